The van der Waals surface area contributed by atoms with Gasteiger partial charge in [-0.1, -0.05) is 24.3 Å². The van der Waals surface area contributed by atoms with Gasteiger partial charge in [0.15, 0.2) is 5.78 Å². The molecule has 0 amide bonds. The highest BCUT2D eigenvalue weighted by molar-refractivity contribution is 14.1. The second-order valence-corrected chi connectivity index (χ2v) is 9.86. The summed E-state index contributed by atoms with van der Waals surface area (Å²) in [6, 6.07) is 11.7. The van der Waals surface area contributed by atoms with Crippen molar-refractivity contribution in [1.29, 1.82) is 0 Å². The van der Waals surface area contributed by atoms with Crippen LogP contribution >= 0.6 is 22.9 Å². The molecule has 3 N–H and O–H groups in total. The summed E-state index contributed by atoms with van der Waals surface area (Å²) in [5.74, 6) is 0.763. The predicted octanol–water partition coefficient (Wildman–Crippen LogP) is 3.87. The van der Waals surface area contributed by atoms with Crippen LogP contribution in [0.2, 0.25) is 0 Å². The van der Waals surface area contributed by atoms with Crippen LogP contribution in [-0.2, 0) is 0 Å². The van der Waals surface area contributed by atoms with Gasteiger partial charge in [0.05, 0.1) is 46.4 Å². The number of carbonyl (C=O) groups excluding carboxylic acids is 1. The fourth-order valence-electron chi connectivity index (χ4n) is 4.96. The Morgan fingerprint density at radius 3 is 2.40 bits per heavy atom. The topological polar surface area (TPSA) is 87.4 Å². The quantitative estimate of drug-likeness (QED) is 0.281. The van der Waals surface area contributed by atoms with E-state index in [1.54, 1.807) is 12.1 Å². The Hall–Kier alpha value is -3.31. The molecular formula is C26H22FIN6O. The molecule has 176 valence electrons. The number of hydrogen-bond donors (Lipinski definition) is 2. The van der Waals surface area contributed by atoms with Crippen LogP contribution in [0.4, 0.5) is 10.3 Å². The number of fused-ring (bicyclic) bond motifs is 3. The van der Waals surface area contributed by atoms with Crippen LogP contribution in [0.1, 0.15) is 21.5 Å². The minimum atomic E-state index is -0.356. The molecule has 3 aromatic rings. The third-order valence-corrected chi connectivity index (χ3v) is 7.43. The Bertz CT molecular complexity index is 1410. The highest BCUT2D eigenvalue weighted by atomic mass is 127. The summed E-state index contributed by atoms with van der Waals surface area (Å²) in [5, 5.41) is 3.39. The number of allylic oxidation sites excluding steroid dienone is 2. The van der Waals surface area contributed by atoms with E-state index in [1.807, 2.05) is 18.2 Å². The summed E-state index contributed by atoms with van der Waals surface area (Å²) < 4.78 is 15.8. The Kier molecular flexibility index (Phi) is 5.53. The van der Waals surface area contributed by atoms with Gasteiger partial charge in [-0.15, -0.1) is 0 Å². The van der Waals surface area contributed by atoms with Crippen LogP contribution in [-0.4, -0.2) is 56.5 Å². The summed E-state index contributed by atoms with van der Waals surface area (Å²) in [5.41, 5.74) is 11.5. The number of nitrogens with two attached hydrogens (primary N) is 1. The van der Waals surface area contributed by atoms with Gasteiger partial charge in [-0.05, 0) is 41.5 Å². The summed E-state index contributed by atoms with van der Waals surface area (Å²) in [4.78, 5) is 24.8. The molecule has 0 spiro atoms. The Balaban J connectivity index is 1.47. The number of rotatable bonds is 3. The third kappa shape index (κ3) is 3.79. The highest BCUT2D eigenvalue weighted by Crippen LogP contribution is 2.44. The number of hydrogen-bond acceptors (Lipinski definition) is 7. The van der Waals surface area contributed by atoms with Crippen LogP contribution < -0.4 is 11.1 Å². The Labute approximate surface area is 216 Å². The molecular weight excluding hydrogens is 558 g/mol. The number of benzene rings is 2. The van der Waals surface area contributed by atoms with Crippen LogP contribution in [0, 0.1) is 5.82 Å². The molecule has 2 aromatic carbocycles. The van der Waals surface area contributed by atoms with Crippen LogP contribution in [0.15, 0.2) is 60.4 Å². The Morgan fingerprint density at radius 1 is 0.943 bits per heavy atom. The molecule has 0 bridgehead atoms. The van der Waals surface area contributed by atoms with E-state index in [0.717, 1.165) is 42.9 Å². The fourth-order valence-corrected chi connectivity index (χ4v) is 5.79. The number of anilines is 1. The average molecular weight is 580 g/mol. The van der Waals surface area contributed by atoms with Gasteiger partial charge in [-0.25, -0.2) is 14.4 Å². The highest BCUT2D eigenvalue weighted by Gasteiger charge is 2.35. The SMILES string of the molecule is Nc1nc(-c2ccc(F)cc2)c2c(n1)-c1c(cccc1C1=CC=C(N3CCNCC3)N(I)C1)C2=O. The van der Waals surface area contributed by atoms with E-state index in [0.29, 0.717) is 34.6 Å². The molecule has 0 atom stereocenters. The molecule has 1 aliphatic carbocycles. The first-order valence-electron chi connectivity index (χ1n) is 11.4. The van der Waals surface area contributed by atoms with Gasteiger partial charge in [0, 0.05) is 42.9 Å². The maximum Gasteiger partial charge on any atom is 0.221 e. The number of nitrogen functional groups attached to an aromatic ring is 1. The van der Waals surface area contributed by atoms with E-state index in [2.05, 4.69) is 58.3 Å². The van der Waals surface area contributed by atoms with Gasteiger partial charge in [0.25, 0.3) is 0 Å². The van der Waals surface area contributed by atoms with Crippen LogP contribution in [0.3, 0.4) is 0 Å². The minimum absolute atomic E-state index is 0.0764. The number of carbonyl (C=O) groups is 1. The third-order valence-electron chi connectivity index (χ3n) is 6.60. The second-order valence-electron chi connectivity index (χ2n) is 8.69. The number of ketones is 1. The lowest BCUT2D eigenvalue weighted by atomic mass is 9.94. The molecule has 1 saturated heterocycles. The molecule has 7 nitrogen and oxygen atoms in total. The van der Waals surface area contributed by atoms with Crippen molar-refractivity contribution < 1.29 is 9.18 Å². The summed E-state index contributed by atoms with van der Waals surface area (Å²) >= 11 is 2.36. The molecule has 1 fully saturated rings. The number of aromatic nitrogens is 2. The van der Waals surface area contributed by atoms with Gasteiger partial charge < -0.3 is 16.0 Å². The monoisotopic (exact) mass is 580 g/mol. The number of nitrogens with zero attached hydrogens (tertiary/aromatic N) is 4. The normalized spacial score (nSPS) is 17.1. The van der Waals surface area contributed by atoms with Crippen LogP contribution in [0.5, 0.6) is 0 Å². The molecule has 6 rings (SSSR count). The standard InChI is InChI=1S/C26H22FIN6O/c27-17-7-4-15(5-8-17)23-22-24(32-26(29)31-23)21-18(2-1-3-19(21)25(22)35)16-6-9-20(34(28)14-16)33-12-10-30-11-13-33/h1-9,30H,10-14H2,(H2,29,31,32). The second kappa shape index (κ2) is 8.72. The zero-order valence-electron chi connectivity index (χ0n) is 18.8. The molecule has 35 heavy (non-hydrogen) atoms. The predicted molar refractivity (Wildman–Crippen MR) is 142 cm³/mol. The van der Waals surface area contributed by atoms with Crippen molar-refractivity contribution in [3.05, 3.63) is 82.9 Å². The maximum atomic E-state index is 13.6. The van der Waals surface area contributed by atoms with Gasteiger partial charge in [-0.3, -0.25) is 7.91 Å². The van der Waals surface area contributed by atoms with Crippen molar-refractivity contribution in [3.63, 3.8) is 0 Å². The largest absolute Gasteiger partial charge is 0.368 e. The fraction of sp³-hybridized carbons (Fsp3) is 0.192. The van der Waals surface area contributed by atoms with Gasteiger partial charge in [0.2, 0.25) is 5.95 Å². The van der Waals surface area contributed by atoms with E-state index in [1.165, 1.54) is 18.0 Å². The minimum Gasteiger partial charge on any atom is -0.368 e. The molecule has 3 heterocycles. The molecule has 2 aliphatic heterocycles. The van der Waals surface area contributed by atoms with Crippen molar-refractivity contribution in [2.24, 2.45) is 0 Å². The first-order chi connectivity index (χ1) is 17.0. The number of halogens is 2. The smallest absolute Gasteiger partial charge is 0.221 e. The summed E-state index contributed by atoms with van der Waals surface area (Å²) in [6.07, 6.45) is 4.28. The van der Waals surface area contributed by atoms with Crippen molar-refractivity contribution in [2.75, 3.05) is 38.5 Å². The molecule has 3 aliphatic rings. The molecule has 0 radical (unpaired) electrons. The zero-order valence-corrected chi connectivity index (χ0v) is 20.9. The first-order valence-corrected chi connectivity index (χ1v) is 12.4. The van der Waals surface area contributed by atoms with Crippen LogP contribution in [0.25, 0.3) is 28.1 Å². The number of nitrogens with one attached hydrogen (secondary N) is 1. The van der Waals surface area contributed by atoms with E-state index in [4.69, 9.17) is 5.73 Å². The van der Waals surface area contributed by atoms with Gasteiger partial charge in [0.1, 0.15) is 11.6 Å². The zero-order chi connectivity index (χ0) is 24.1. The lowest BCUT2D eigenvalue weighted by Crippen LogP contribution is -2.45. The summed E-state index contributed by atoms with van der Waals surface area (Å²) in [7, 11) is 0. The molecule has 9 heteroatoms. The van der Waals surface area contributed by atoms with E-state index >= 15 is 0 Å². The molecule has 0 unspecified atom stereocenters. The maximum absolute atomic E-state index is 13.6. The average Bonchev–Trinajstić information content (AvgIpc) is 3.16. The van der Waals surface area contributed by atoms with E-state index < -0.39 is 0 Å². The molecule has 1 aromatic heterocycles. The van der Waals surface area contributed by atoms with Gasteiger partial charge in [-0.2, -0.15) is 0 Å². The number of piperazine rings is 1. The van der Waals surface area contributed by atoms with Gasteiger partial charge >= 0.3 is 0 Å². The Morgan fingerprint density at radius 2 is 1.66 bits per heavy atom. The molecule has 0 saturated carbocycles. The van der Waals surface area contributed by atoms with Crippen molar-refractivity contribution in [1.82, 2.24) is 23.3 Å². The lowest BCUT2D eigenvalue weighted by Gasteiger charge is -2.37. The summed E-state index contributed by atoms with van der Waals surface area (Å²) in [6.45, 7) is 4.59. The van der Waals surface area contributed by atoms with Crippen molar-refractivity contribution in [3.8, 4) is 22.5 Å². The van der Waals surface area contributed by atoms with E-state index in [-0.39, 0.29) is 17.5 Å². The van der Waals surface area contributed by atoms with Crippen molar-refractivity contribution in [2.45, 2.75) is 0 Å². The van der Waals surface area contributed by atoms with E-state index in [9.17, 15) is 9.18 Å². The lowest BCUT2D eigenvalue weighted by molar-refractivity contribution is 0.104. The van der Waals surface area contributed by atoms with Crippen molar-refractivity contribution >= 4 is 40.2 Å². The first kappa shape index (κ1) is 22.2.